The number of aliphatic hydroxyl groups is 1. The smallest absolute Gasteiger partial charge is 0.338 e. The van der Waals surface area contributed by atoms with Gasteiger partial charge >= 0.3 is 5.97 Å². The van der Waals surface area contributed by atoms with Gasteiger partial charge in [-0.25, -0.2) is 4.79 Å². The second kappa shape index (κ2) is 7.38. The van der Waals surface area contributed by atoms with Crippen LogP contribution in [0.1, 0.15) is 30.1 Å². The summed E-state index contributed by atoms with van der Waals surface area (Å²) < 4.78 is 0.573. The van der Waals surface area contributed by atoms with Gasteiger partial charge in [-0.3, -0.25) is 0 Å². The fraction of sp³-hybridized carbons (Fsp3) is 0.462. The van der Waals surface area contributed by atoms with E-state index in [4.69, 9.17) is 10.2 Å². The molecule has 0 aromatic heterocycles. The van der Waals surface area contributed by atoms with E-state index in [0.717, 1.165) is 12.8 Å². The topological polar surface area (TPSA) is 69.6 Å². The number of carbonyl (C=O) groups is 1. The number of aliphatic hydroxyl groups excluding tert-OH is 1. The van der Waals surface area contributed by atoms with Gasteiger partial charge < -0.3 is 15.5 Å². The van der Waals surface area contributed by atoms with Gasteiger partial charge in [-0.2, -0.15) is 0 Å². The molecule has 0 aliphatic heterocycles. The summed E-state index contributed by atoms with van der Waals surface area (Å²) in [5, 5.41) is 21.1. The number of carboxylic acids is 1. The zero-order valence-corrected chi connectivity index (χ0v) is 11.9. The lowest BCUT2D eigenvalue weighted by molar-refractivity contribution is 0.0697. The fourth-order valence-electron chi connectivity index (χ4n) is 1.65. The fourth-order valence-corrected chi connectivity index (χ4v) is 2.19. The van der Waals surface area contributed by atoms with Crippen molar-refractivity contribution in [1.82, 2.24) is 0 Å². The highest BCUT2D eigenvalue weighted by Gasteiger charge is 2.13. The van der Waals surface area contributed by atoms with Gasteiger partial charge in [0, 0.05) is 23.3 Å². The van der Waals surface area contributed by atoms with Crippen molar-refractivity contribution < 1.29 is 15.0 Å². The first-order valence-electron chi connectivity index (χ1n) is 5.92. The minimum absolute atomic E-state index is 0.192. The Hall–Kier alpha value is -1.07. The summed E-state index contributed by atoms with van der Waals surface area (Å²) in [5.41, 5.74) is 0.876. The number of aromatic carboxylic acids is 1. The van der Waals surface area contributed by atoms with E-state index in [0.29, 0.717) is 16.7 Å². The summed E-state index contributed by atoms with van der Waals surface area (Å²) in [4.78, 5) is 11.1. The Morgan fingerprint density at radius 3 is 2.83 bits per heavy atom. The van der Waals surface area contributed by atoms with Crippen molar-refractivity contribution in [3.05, 3.63) is 28.2 Å². The number of carboxylic acid groups (broad SMARTS) is 1. The van der Waals surface area contributed by atoms with E-state index in [9.17, 15) is 4.79 Å². The third kappa shape index (κ3) is 4.31. The summed E-state index contributed by atoms with van der Waals surface area (Å²) in [6.07, 6.45) is 1.81. The highest BCUT2D eigenvalue weighted by molar-refractivity contribution is 9.10. The molecule has 100 valence electrons. The number of halogens is 1. The Morgan fingerprint density at radius 1 is 1.50 bits per heavy atom. The van der Waals surface area contributed by atoms with Crippen LogP contribution in [-0.4, -0.2) is 29.3 Å². The van der Waals surface area contributed by atoms with Gasteiger partial charge in [-0.1, -0.05) is 13.0 Å². The van der Waals surface area contributed by atoms with Crippen molar-refractivity contribution in [3.63, 3.8) is 0 Å². The molecular formula is C13H18BrNO3. The quantitative estimate of drug-likeness (QED) is 0.677. The Bertz CT molecular complexity index is 409. The Kier molecular flexibility index (Phi) is 6.15. The maximum absolute atomic E-state index is 11.1. The summed E-state index contributed by atoms with van der Waals surface area (Å²) in [5.74, 6) is -0.665. The van der Waals surface area contributed by atoms with Crippen LogP contribution in [-0.2, 0) is 0 Å². The molecule has 5 heteroatoms. The first-order valence-corrected chi connectivity index (χ1v) is 6.72. The van der Waals surface area contributed by atoms with E-state index >= 15 is 0 Å². The predicted molar refractivity (Wildman–Crippen MR) is 75.1 cm³/mol. The monoisotopic (exact) mass is 315 g/mol. The molecule has 0 saturated carbocycles. The minimum atomic E-state index is -0.950. The van der Waals surface area contributed by atoms with Gasteiger partial charge in [0.1, 0.15) is 0 Å². The number of benzene rings is 1. The molecular weight excluding hydrogens is 298 g/mol. The Labute approximate surface area is 115 Å². The molecule has 0 amide bonds. The maximum atomic E-state index is 11.1. The molecule has 1 rings (SSSR count). The summed E-state index contributed by atoms with van der Waals surface area (Å²) >= 11 is 3.24. The lowest BCUT2D eigenvalue weighted by Crippen LogP contribution is -2.10. The van der Waals surface area contributed by atoms with Crippen LogP contribution >= 0.6 is 15.9 Å². The molecule has 0 fully saturated rings. The molecule has 0 radical (unpaired) electrons. The van der Waals surface area contributed by atoms with Gasteiger partial charge in [0.15, 0.2) is 0 Å². The van der Waals surface area contributed by atoms with Crippen molar-refractivity contribution in [2.24, 2.45) is 5.92 Å². The standard InChI is InChI=1S/C13H18BrNO3/c1-9(8-16)4-3-7-15-11-6-2-5-10(14)12(11)13(17)18/h2,5-6,9,15-16H,3-4,7-8H2,1H3,(H,17,18). The average Bonchev–Trinajstić information content (AvgIpc) is 2.33. The molecule has 0 bridgehead atoms. The second-order valence-electron chi connectivity index (χ2n) is 4.32. The number of hydrogen-bond acceptors (Lipinski definition) is 3. The number of nitrogens with one attached hydrogen (secondary N) is 1. The molecule has 4 nitrogen and oxygen atoms in total. The zero-order chi connectivity index (χ0) is 13.5. The maximum Gasteiger partial charge on any atom is 0.338 e. The molecule has 3 N–H and O–H groups in total. The average molecular weight is 316 g/mol. The molecule has 0 aliphatic rings. The minimum Gasteiger partial charge on any atom is -0.478 e. The van der Waals surface area contributed by atoms with E-state index in [1.807, 2.05) is 6.92 Å². The predicted octanol–water partition coefficient (Wildman–Crippen LogP) is 2.97. The van der Waals surface area contributed by atoms with Gasteiger partial charge in [0.2, 0.25) is 0 Å². The molecule has 1 aromatic rings. The van der Waals surface area contributed by atoms with Gasteiger partial charge in [-0.15, -0.1) is 0 Å². The number of rotatable bonds is 7. The first kappa shape index (κ1) is 15.0. The van der Waals surface area contributed by atoms with E-state index in [1.54, 1.807) is 18.2 Å². The van der Waals surface area contributed by atoms with Crippen molar-refractivity contribution in [2.45, 2.75) is 19.8 Å². The lowest BCUT2D eigenvalue weighted by Gasteiger charge is -2.12. The summed E-state index contributed by atoms with van der Waals surface area (Å²) in [6, 6.07) is 5.27. The van der Waals surface area contributed by atoms with Gasteiger partial charge in [-0.05, 0) is 46.8 Å². The van der Waals surface area contributed by atoms with E-state index in [2.05, 4.69) is 21.2 Å². The lowest BCUT2D eigenvalue weighted by atomic mass is 10.1. The molecule has 0 heterocycles. The van der Waals surface area contributed by atoms with Crippen LogP contribution in [0.2, 0.25) is 0 Å². The molecule has 18 heavy (non-hydrogen) atoms. The van der Waals surface area contributed by atoms with Crippen LogP contribution in [0.4, 0.5) is 5.69 Å². The third-order valence-electron chi connectivity index (χ3n) is 2.73. The number of hydrogen-bond donors (Lipinski definition) is 3. The second-order valence-corrected chi connectivity index (χ2v) is 5.18. The molecule has 0 saturated heterocycles. The van der Waals surface area contributed by atoms with E-state index < -0.39 is 5.97 Å². The van der Waals surface area contributed by atoms with Crippen molar-refractivity contribution in [1.29, 1.82) is 0 Å². The van der Waals surface area contributed by atoms with Crippen molar-refractivity contribution in [3.8, 4) is 0 Å². The van der Waals surface area contributed by atoms with Gasteiger partial charge in [0.05, 0.1) is 5.56 Å². The Morgan fingerprint density at radius 2 is 2.22 bits per heavy atom. The normalized spacial score (nSPS) is 12.2. The van der Waals surface area contributed by atoms with E-state index in [-0.39, 0.29) is 18.1 Å². The largest absolute Gasteiger partial charge is 0.478 e. The van der Waals surface area contributed by atoms with E-state index in [1.165, 1.54) is 0 Å². The molecule has 1 aromatic carbocycles. The molecule has 0 spiro atoms. The van der Waals surface area contributed by atoms with Crippen LogP contribution in [0, 0.1) is 5.92 Å². The van der Waals surface area contributed by atoms with Crippen LogP contribution in [0.3, 0.4) is 0 Å². The highest BCUT2D eigenvalue weighted by atomic mass is 79.9. The SMILES string of the molecule is CC(CO)CCCNc1cccc(Br)c1C(=O)O. The molecule has 1 unspecified atom stereocenters. The van der Waals surface area contributed by atoms with Crippen molar-refractivity contribution in [2.75, 3.05) is 18.5 Å². The summed E-state index contributed by atoms with van der Waals surface area (Å²) in [6.45, 7) is 2.88. The van der Waals surface area contributed by atoms with Gasteiger partial charge in [0.25, 0.3) is 0 Å². The molecule has 0 aliphatic carbocycles. The van der Waals surface area contributed by atoms with Crippen LogP contribution in [0.25, 0.3) is 0 Å². The van der Waals surface area contributed by atoms with Crippen LogP contribution < -0.4 is 5.32 Å². The summed E-state index contributed by atoms with van der Waals surface area (Å²) in [7, 11) is 0. The first-order chi connectivity index (χ1) is 8.56. The van der Waals surface area contributed by atoms with Crippen LogP contribution in [0.5, 0.6) is 0 Å². The highest BCUT2D eigenvalue weighted by Crippen LogP contribution is 2.24. The Balaban J connectivity index is 2.57. The zero-order valence-electron chi connectivity index (χ0n) is 10.3. The molecule has 1 atom stereocenters. The van der Waals surface area contributed by atoms with Crippen LogP contribution in [0.15, 0.2) is 22.7 Å². The number of anilines is 1. The van der Waals surface area contributed by atoms with Crippen molar-refractivity contribution >= 4 is 27.6 Å². The third-order valence-corrected chi connectivity index (χ3v) is 3.39.